The van der Waals surface area contributed by atoms with Gasteiger partial charge in [0.25, 0.3) is 5.60 Å². The van der Waals surface area contributed by atoms with Crippen molar-refractivity contribution in [2.45, 2.75) is 36.5 Å². The molecule has 0 amide bonds. The molecule has 2 rings (SSSR count). The van der Waals surface area contributed by atoms with Crippen molar-refractivity contribution in [2.24, 2.45) is 5.73 Å². The van der Waals surface area contributed by atoms with Crippen molar-refractivity contribution in [1.82, 2.24) is 0 Å². The van der Waals surface area contributed by atoms with Gasteiger partial charge in [0.1, 0.15) is 5.72 Å². The number of allylic oxidation sites excluding steroid dienone is 2. The van der Waals surface area contributed by atoms with E-state index in [4.69, 9.17) is 11.5 Å². The Balaban J connectivity index is 2.50. The molecule has 0 fully saturated rings. The molecule has 3 nitrogen and oxygen atoms in total. The van der Waals surface area contributed by atoms with Gasteiger partial charge in [-0.2, -0.15) is 26.3 Å². The van der Waals surface area contributed by atoms with E-state index in [2.05, 4.69) is 4.74 Å². The lowest BCUT2D eigenvalue weighted by molar-refractivity contribution is -0.397. The highest BCUT2D eigenvalue weighted by Gasteiger charge is 2.73. The van der Waals surface area contributed by atoms with Gasteiger partial charge in [-0.1, -0.05) is 30.4 Å². The first-order valence-electron chi connectivity index (χ1n) is 7.20. The van der Waals surface area contributed by atoms with Crippen molar-refractivity contribution in [3.8, 4) is 0 Å². The molecule has 4 N–H and O–H groups in total. The van der Waals surface area contributed by atoms with Crippen molar-refractivity contribution in [3.05, 3.63) is 54.1 Å². The van der Waals surface area contributed by atoms with Crippen LogP contribution in [0.4, 0.5) is 32.0 Å². The normalized spacial score (nSPS) is 21.6. The predicted octanol–water partition coefficient (Wildman–Crippen LogP) is 3.86. The summed E-state index contributed by atoms with van der Waals surface area (Å²) in [6.45, 7) is 0. The molecule has 0 heterocycles. The van der Waals surface area contributed by atoms with Gasteiger partial charge < -0.3 is 10.5 Å². The van der Waals surface area contributed by atoms with Gasteiger partial charge in [-0.05, 0) is 23.8 Å². The molecule has 1 atom stereocenters. The van der Waals surface area contributed by atoms with Crippen LogP contribution < -0.4 is 11.5 Å². The van der Waals surface area contributed by atoms with Crippen LogP contribution in [0.2, 0.25) is 0 Å². The maximum Gasteiger partial charge on any atom is 0.426 e. The number of rotatable bonds is 4. The lowest BCUT2D eigenvalue weighted by Crippen LogP contribution is -2.65. The summed E-state index contributed by atoms with van der Waals surface area (Å²) in [6, 6.07) is 4.61. The molecule has 0 saturated carbocycles. The third kappa shape index (κ3) is 3.98. The highest BCUT2D eigenvalue weighted by molar-refractivity contribution is 5.40. The summed E-state index contributed by atoms with van der Waals surface area (Å²) in [5.41, 5.74) is 4.35. The average Bonchev–Trinajstić information content (AvgIpc) is 2.47. The quantitative estimate of drug-likeness (QED) is 0.483. The summed E-state index contributed by atoms with van der Waals surface area (Å²) in [5.74, 6) is 0. The summed E-state index contributed by atoms with van der Waals surface area (Å²) in [4.78, 5) is 0. The highest BCUT2D eigenvalue weighted by atomic mass is 19.4. The summed E-state index contributed by atoms with van der Waals surface area (Å²) < 4.78 is 86.2. The topological polar surface area (TPSA) is 61.3 Å². The molecule has 0 aromatic heterocycles. The zero-order chi connectivity index (χ0) is 18.9. The Morgan fingerprint density at radius 1 is 0.960 bits per heavy atom. The molecule has 0 spiro atoms. The predicted molar refractivity (Wildman–Crippen MR) is 80.3 cm³/mol. The Morgan fingerprint density at radius 3 is 1.96 bits per heavy atom. The van der Waals surface area contributed by atoms with E-state index in [1.165, 1.54) is 30.4 Å². The van der Waals surface area contributed by atoms with E-state index in [0.717, 1.165) is 18.2 Å². The molecule has 0 bridgehead atoms. The number of ether oxygens (including phenoxy) is 1. The van der Waals surface area contributed by atoms with E-state index in [-0.39, 0.29) is 17.7 Å². The van der Waals surface area contributed by atoms with Gasteiger partial charge in [-0.3, -0.25) is 5.73 Å². The van der Waals surface area contributed by atoms with Gasteiger partial charge in [0, 0.05) is 18.5 Å². The number of nitrogen functional groups attached to an aromatic ring is 1. The largest absolute Gasteiger partial charge is 0.426 e. The van der Waals surface area contributed by atoms with E-state index < -0.39 is 30.1 Å². The second kappa shape index (κ2) is 6.38. The molecular formula is C16H16F6N2O. The number of anilines is 1. The van der Waals surface area contributed by atoms with Crippen LogP contribution in [0.15, 0.2) is 48.6 Å². The monoisotopic (exact) mass is 366 g/mol. The Hall–Kier alpha value is -2.00. The smallest absolute Gasteiger partial charge is 0.399 e. The van der Waals surface area contributed by atoms with Gasteiger partial charge in [0.05, 0.1) is 0 Å². The van der Waals surface area contributed by atoms with Crippen molar-refractivity contribution in [3.63, 3.8) is 0 Å². The van der Waals surface area contributed by atoms with E-state index in [1.807, 2.05) is 0 Å². The molecule has 0 radical (unpaired) electrons. The van der Waals surface area contributed by atoms with Crippen molar-refractivity contribution >= 4 is 5.69 Å². The maximum absolute atomic E-state index is 13.6. The summed E-state index contributed by atoms with van der Waals surface area (Å²) in [7, 11) is 0. The number of halogens is 6. The minimum absolute atomic E-state index is 0.213. The molecule has 1 aromatic rings. The first-order valence-corrected chi connectivity index (χ1v) is 7.20. The molecule has 1 unspecified atom stereocenters. The summed E-state index contributed by atoms with van der Waals surface area (Å²) >= 11 is 0. The average molecular weight is 366 g/mol. The Bertz CT molecular complexity index is 649. The second-order valence-electron chi connectivity index (χ2n) is 5.79. The van der Waals surface area contributed by atoms with Crippen LogP contribution in [0.1, 0.15) is 12.0 Å². The highest BCUT2D eigenvalue weighted by Crippen LogP contribution is 2.50. The van der Waals surface area contributed by atoms with Crippen LogP contribution >= 0.6 is 0 Å². The third-order valence-electron chi connectivity index (χ3n) is 3.78. The lowest BCUT2D eigenvalue weighted by atomic mass is 9.91. The van der Waals surface area contributed by atoms with Crippen LogP contribution in [0, 0.1) is 0 Å². The molecule has 0 aliphatic heterocycles. The minimum Gasteiger partial charge on any atom is -0.399 e. The number of hydrogen-bond acceptors (Lipinski definition) is 3. The Kier molecular flexibility index (Phi) is 4.93. The van der Waals surface area contributed by atoms with Crippen LogP contribution in [0.25, 0.3) is 0 Å². The Morgan fingerprint density at radius 2 is 1.52 bits per heavy atom. The SMILES string of the molecule is Nc1ccc(CC(OC2(N)C=CC=CC2)(C(F)(F)F)C(F)(F)F)cc1. The molecule has 25 heavy (non-hydrogen) atoms. The van der Waals surface area contributed by atoms with Gasteiger partial charge in [-0.25, -0.2) is 0 Å². The first-order chi connectivity index (χ1) is 11.4. The first kappa shape index (κ1) is 19.3. The molecule has 0 saturated heterocycles. The van der Waals surface area contributed by atoms with E-state index in [0.29, 0.717) is 0 Å². The zero-order valence-electron chi connectivity index (χ0n) is 12.9. The van der Waals surface area contributed by atoms with Crippen molar-refractivity contribution in [2.75, 3.05) is 5.73 Å². The molecular weight excluding hydrogens is 350 g/mol. The van der Waals surface area contributed by atoms with E-state index in [1.54, 1.807) is 0 Å². The Labute approximate surface area is 139 Å². The molecule has 1 aliphatic rings. The van der Waals surface area contributed by atoms with Crippen LogP contribution in [0.3, 0.4) is 0 Å². The summed E-state index contributed by atoms with van der Waals surface area (Å²) in [6.07, 6.45) is -8.28. The molecule has 138 valence electrons. The number of nitrogens with two attached hydrogens (primary N) is 2. The van der Waals surface area contributed by atoms with Gasteiger partial charge in [-0.15, -0.1) is 0 Å². The summed E-state index contributed by atoms with van der Waals surface area (Å²) in [5, 5.41) is 0. The van der Waals surface area contributed by atoms with Crippen LogP contribution in [-0.2, 0) is 11.2 Å². The van der Waals surface area contributed by atoms with E-state index in [9.17, 15) is 26.3 Å². The van der Waals surface area contributed by atoms with Gasteiger partial charge in [0.2, 0.25) is 0 Å². The van der Waals surface area contributed by atoms with Crippen LogP contribution in [0.5, 0.6) is 0 Å². The third-order valence-corrected chi connectivity index (χ3v) is 3.78. The fraction of sp³-hybridized carbons (Fsp3) is 0.375. The van der Waals surface area contributed by atoms with Crippen molar-refractivity contribution in [1.29, 1.82) is 0 Å². The fourth-order valence-corrected chi connectivity index (χ4v) is 2.45. The lowest BCUT2D eigenvalue weighted by Gasteiger charge is -2.43. The second-order valence-corrected chi connectivity index (χ2v) is 5.79. The van der Waals surface area contributed by atoms with Crippen molar-refractivity contribution < 1.29 is 31.1 Å². The number of benzene rings is 1. The van der Waals surface area contributed by atoms with Gasteiger partial charge >= 0.3 is 12.4 Å². The van der Waals surface area contributed by atoms with Gasteiger partial charge in [0.15, 0.2) is 0 Å². The standard InChI is InChI=1S/C16H16F6N2O/c17-15(18,19)14(16(20,21)22,10-11-4-6-12(23)7-5-11)25-13(24)8-2-1-3-9-13/h1-8H,9-10,23-24H2. The molecule has 1 aromatic carbocycles. The zero-order valence-corrected chi connectivity index (χ0v) is 12.9. The molecule has 1 aliphatic carbocycles. The van der Waals surface area contributed by atoms with E-state index >= 15 is 0 Å². The number of hydrogen-bond donors (Lipinski definition) is 2. The number of alkyl halides is 6. The fourth-order valence-electron chi connectivity index (χ4n) is 2.45. The molecule has 9 heteroatoms. The van der Waals surface area contributed by atoms with Crippen LogP contribution in [-0.4, -0.2) is 23.7 Å². The minimum atomic E-state index is -5.74. The maximum atomic E-state index is 13.6.